The largest absolute Gasteiger partial charge is 0.384 e. The van der Waals surface area contributed by atoms with E-state index in [2.05, 4.69) is 21.2 Å². The molecule has 0 bridgehead atoms. The molecule has 1 aromatic rings. The van der Waals surface area contributed by atoms with Gasteiger partial charge in [-0.15, -0.1) is 0 Å². The lowest BCUT2D eigenvalue weighted by Crippen LogP contribution is -1.90. The summed E-state index contributed by atoms with van der Waals surface area (Å²) in [5.41, 5.74) is 1.74. The normalized spacial score (nSPS) is 14.4. The Kier molecular flexibility index (Phi) is 1.60. The van der Waals surface area contributed by atoms with Crippen LogP contribution in [-0.4, -0.2) is 6.54 Å². The molecule has 0 fully saturated rings. The fourth-order valence-electron chi connectivity index (χ4n) is 1.34. The fourth-order valence-corrected chi connectivity index (χ4v) is 1.77. The zero-order valence-electron chi connectivity index (χ0n) is 5.82. The lowest BCUT2D eigenvalue weighted by molar-refractivity contribution is 0.614. The minimum atomic E-state index is -0.112. The third-order valence-electron chi connectivity index (χ3n) is 1.85. The molecule has 1 N–H and O–H groups in total. The van der Waals surface area contributed by atoms with Gasteiger partial charge in [-0.1, -0.05) is 15.9 Å². The highest BCUT2D eigenvalue weighted by atomic mass is 79.9. The number of nitrogens with one attached hydrogen (secondary N) is 1. The molecular weight excluding hydrogens is 209 g/mol. The predicted molar refractivity (Wildman–Crippen MR) is 46.3 cm³/mol. The summed E-state index contributed by atoms with van der Waals surface area (Å²) in [6, 6.07) is 3.41. The minimum Gasteiger partial charge on any atom is -0.384 e. The first-order chi connectivity index (χ1) is 5.27. The number of hydrogen-bond donors (Lipinski definition) is 1. The van der Waals surface area contributed by atoms with E-state index in [0.717, 1.165) is 28.7 Å². The van der Waals surface area contributed by atoms with Crippen LogP contribution in [0.2, 0.25) is 0 Å². The van der Waals surface area contributed by atoms with E-state index < -0.39 is 0 Å². The van der Waals surface area contributed by atoms with E-state index in [9.17, 15) is 4.39 Å². The van der Waals surface area contributed by atoms with Crippen LogP contribution < -0.4 is 5.32 Å². The molecule has 0 spiro atoms. The highest BCUT2D eigenvalue weighted by Crippen LogP contribution is 2.28. The van der Waals surface area contributed by atoms with Gasteiger partial charge in [-0.2, -0.15) is 0 Å². The first-order valence-electron chi connectivity index (χ1n) is 3.49. The fraction of sp³-hybridized carbons (Fsp3) is 0.250. The molecule has 1 heterocycles. The quantitative estimate of drug-likeness (QED) is 0.702. The van der Waals surface area contributed by atoms with Crippen LogP contribution >= 0.6 is 15.9 Å². The second-order valence-corrected chi connectivity index (χ2v) is 3.51. The number of benzene rings is 1. The Labute approximate surface area is 72.7 Å². The average Bonchev–Trinajstić information content (AvgIpc) is 2.34. The van der Waals surface area contributed by atoms with Gasteiger partial charge in [0.1, 0.15) is 5.82 Å². The second kappa shape index (κ2) is 2.48. The Balaban J connectivity index is 2.60. The van der Waals surface area contributed by atoms with E-state index in [1.807, 2.05) is 6.07 Å². The molecular formula is C8H7BrFN. The Morgan fingerprint density at radius 1 is 1.45 bits per heavy atom. The van der Waals surface area contributed by atoms with Gasteiger partial charge in [-0.05, 0) is 18.6 Å². The van der Waals surface area contributed by atoms with Gasteiger partial charge in [-0.3, -0.25) is 0 Å². The molecule has 0 saturated carbocycles. The summed E-state index contributed by atoms with van der Waals surface area (Å²) in [5.74, 6) is -0.112. The predicted octanol–water partition coefficient (Wildman–Crippen LogP) is 2.56. The van der Waals surface area contributed by atoms with Gasteiger partial charge >= 0.3 is 0 Å². The monoisotopic (exact) mass is 215 g/mol. The van der Waals surface area contributed by atoms with Gasteiger partial charge in [0.25, 0.3) is 0 Å². The molecule has 11 heavy (non-hydrogen) atoms. The van der Waals surface area contributed by atoms with Crippen molar-refractivity contribution in [1.29, 1.82) is 0 Å². The first-order valence-corrected chi connectivity index (χ1v) is 4.28. The van der Waals surface area contributed by atoms with Crippen LogP contribution in [-0.2, 0) is 6.42 Å². The summed E-state index contributed by atoms with van der Waals surface area (Å²) in [4.78, 5) is 0. The highest BCUT2D eigenvalue weighted by Gasteiger charge is 2.14. The van der Waals surface area contributed by atoms with Crippen LogP contribution in [0.25, 0.3) is 0 Å². The van der Waals surface area contributed by atoms with Crippen molar-refractivity contribution in [2.45, 2.75) is 6.42 Å². The maximum atomic E-state index is 13.1. The molecule has 0 aliphatic carbocycles. The van der Waals surface area contributed by atoms with Gasteiger partial charge in [0.05, 0.1) is 0 Å². The molecule has 0 radical (unpaired) electrons. The molecule has 1 nitrogen and oxygen atoms in total. The summed E-state index contributed by atoms with van der Waals surface area (Å²) in [7, 11) is 0. The van der Waals surface area contributed by atoms with E-state index in [0.29, 0.717) is 0 Å². The summed E-state index contributed by atoms with van der Waals surface area (Å²) in [6.45, 7) is 0.850. The molecule has 3 heteroatoms. The Hall–Kier alpha value is -0.570. The molecule has 0 saturated heterocycles. The Bertz CT molecular complexity index is 298. The maximum absolute atomic E-state index is 13.1. The van der Waals surface area contributed by atoms with Crippen molar-refractivity contribution in [1.82, 2.24) is 0 Å². The van der Waals surface area contributed by atoms with Crippen LogP contribution in [0, 0.1) is 5.82 Å². The van der Waals surface area contributed by atoms with Gasteiger partial charge in [0.15, 0.2) is 0 Å². The summed E-state index contributed by atoms with van der Waals surface area (Å²) in [6.07, 6.45) is 0.800. The van der Waals surface area contributed by atoms with Crippen LogP contribution in [0.1, 0.15) is 5.56 Å². The summed E-state index contributed by atoms with van der Waals surface area (Å²) >= 11 is 3.24. The number of rotatable bonds is 0. The van der Waals surface area contributed by atoms with Crippen molar-refractivity contribution < 1.29 is 4.39 Å². The standard InChI is InChI=1S/C8H7BrFN/c9-5-3-7(10)6-1-2-11-8(6)4-5/h3-4,11H,1-2H2. The van der Waals surface area contributed by atoms with Crippen LogP contribution in [0.4, 0.5) is 10.1 Å². The van der Waals surface area contributed by atoms with Gasteiger partial charge in [0, 0.05) is 22.3 Å². The van der Waals surface area contributed by atoms with E-state index in [4.69, 9.17) is 0 Å². The zero-order valence-corrected chi connectivity index (χ0v) is 7.41. The molecule has 1 aliphatic rings. The molecule has 58 valence electrons. The smallest absolute Gasteiger partial charge is 0.129 e. The van der Waals surface area contributed by atoms with Crippen molar-refractivity contribution in [3.8, 4) is 0 Å². The second-order valence-electron chi connectivity index (χ2n) is 2.59. The topological polar surface area (TPSA) is 12.0 Å². The van der Waals surface area contributed by atoms with Gasteiger partial charge in [0.2, 0.25) is 0 Å². The minimum absolute atomic E-state index is 0.112. The maximum Gasteiger partial charge on any atom is 0.129 e. The third kappa shape index (κ3) is 1.13. The van der Waals surface area contributed by atoms with E-state index >= 15 is 0 Å². The molecule has 0 unspecified atom stereocenters. The number of hydrogen-bond acceptors (Lipinski definition) is 1. The highest BCUT2D eigenvalue weighted by molar-refractivity contribution is 9.10. The molecule has 1 aromatic carbocycles. The van der Waals surface area contributed by atoms with Crippen LogP contribution in [0.15, 0.2) is 16.6 Å². The zero-order chi connectivity index (χ0) is 7.84. The SMILES string of the molecule is Fc1cc(Br)cc2c1CCN2. The molecule has 2 rings (SSSR count). The molecule has 0 aromatic heterocycles. The van der Waals surface area contributed by atoms with E-state index in [-0.39, 0.29) is 5.82 Å². The lowest BCUT2D eigenvalue weighted by atomic mass is 10.1. The van der Waals surface area contributed by atoms with E-state index in [1.165, 1.54) is 6.07 Å². The first kappa shape index (κ1) is 7.10. The molecule has 0 amide bonds. The van der Waals surface area contributed by atoms with Gasteiger partial charge < -0.3 is 5.32 Å². The van der Waals surface area contributed by atoms with Crippen molar-refractivity contribution in [3.05, 3.63) is 28.0 Å². The van der Waals surface area contributed by atoms with Crippen LogP contribution in [0.3, 0.4) is 0 Å². The molecule has 1 aliphatic heterocycles. The van der Waals surface area contributed by atoms with Crippen molar-refractivity contribution in [2.75, 3.05) is 11.9 Å². The van der Waals surface area contributed by atoms with E-state index in [1.54, 1.807) is 0 Å². The number of fused-ring (bicyclic) bond motifs is 1. The van der Waals surface area contributed by atoms with Gasteiger partial charge in [-0.25, -0.2) is 4.39 Å². The van der Waals surface area contributed by atoms with Crippen molar-refractivity contribution in [2.24, 2.45) is 0 Å². The van der Waals surface area contributed by atoms with Crippen molar-refractivity contribution in [3.63, 3.8) is 0 Å². The average molecular weight is 216 g/mol. The lowest BCUT2D eigenvalue weighted by Gasteiger charge is -2.00. The third-order valence-corrected chi connectivity index (χ3v) is 2.31. The van der Waals surface area contributed by atoms with Crippen molar-refractivity contribution >= 4 is 21.6 Å². The Morgan fingerprint density at radius 2 is 2.27 bits per heavy atom. The number of halogens is 2. The summed E-state index contributed by atoms with van der Waals surface area (Å²) in [5, 5.41) is 3.11. The van der Waals surface area contributed by atoms with Crippen LogP contribution in [0.5, 0.6) is 0 Å². The summed E-state index contributed by atoms with van der Waals surface area (Å²) < 4.78 is 13.9. The number of anilines is 1. The Morgan fingerprint density at radius 3 is 3.09 bits per heavy atom. The molecule has 0 atom stereocenters.